The zero-order valence-corrected chi connectivity index (χ0v) is 12.6. The maximum absolute atomic E-state index is 11.2. The van der Waals surface area contributed by atoms with Gasteiger partial charge in [-0.05, 0) is 49.9 Å². The van der Waals surface area contributed by atoms with Gasteiger partial charge < -0.3 is 9.84 Å². The molecule has 0 amide bonds. The van der Waals surface area contributed by atoms with Crippen LogP contribution < -0.4 is 4.74 Å². The maximum atomic E-state index is 11.2. The molecular weight excluding hydrogens is 290 g/mol. The minimum atomic E-state index is -0.635. The van der Waals surface area contributed by atoms with E-state index < -0.39 is 5.97 Å². The molecule has 3 unspecified atom stereocenters. The lowest BCUT2D eigenvalue weighted by Gasteiger charge is -2.22. The van der Waals surface area contributed by atoms with Gasteiger partial charge in [0.25, 0.3) is 0 Å². The molecule has 0 spiro atoms. The Bertz CT molecular complexity index is 505. The SMILES string of the molecule is O=C(O)C1CC2CCC1N2CCCOc1ccc(Cl)cc1. The van der Waals surface area contributed by atoms with Crippen molar-refractivity contribution in [3.8, 4) is 5.75 Å². The molecule has 2 bridgehead atoms. The fraction of sp³-hybridized carbons (Fsp3) is 0.562. The second kappa shape index (κ2) is 6.24. The normalized spacial score (nSPS) is 28.0. The summed E-state index contributed by atoms with van der Waals surface area (Å²) in [5.41, 5.74) is 0. The van der Waals surface area contributed by atoms with E-state index in [4.69, 9.17) is 16.3 Å². The fourth-order valence-corrected chi connectivity index (χ4v) is 3.81. The molecule has 1 N–H and O–H groups in total. The monoisotopic (exact) mass is 309 g/mol. The van der Waals surface area contributed by atoms with Gasteiger partial charge in [0, 0.05) is 23.7 Å². The molecule has 4 nitrogen and oxygen atoms in total. The lowest BCUT2D eigenvalue weighted by Crippen LogP contribution is -2.34. The zero-order valence-electron chi connectivity index (χ0n) is 11.9. The molecule has 0 aromatic heterocycles. The first-order valence-electron chi connectivity index (χ1n) is 7.52. The second-order valence-corrected chi connectivity index (χ2v) is 6.31. The number of rotatable bonds is 6. The predicted octanol–water partition coefficient (Wildman–Crippen LogP) is 3.05. The van der Waals surface area contributed by atoms with Gasteiger partial charge in [0.2, 0.25) is 0 Å². The van der Waals surface area contributed by atoms with Crippen LogP contribution in [-0.4, -0.2) is 41.2 Å². The molecule has 0 radical (unpaired) electrons. The maximum Gasteiger partial charge on any atom is 0.308 e. The summed E-state index contributed by atoms with van der Waals surface area (Å²) in [6.45, 7) is 1.57. The smallest absolute Gasteiger partial charge is 0.308 e. The van der Waals surface area contributed by atoms with E-state index in [1.54, 1.807) is 0 Å². The third kappa shape index (κ3) is 3.16. The van der Waals surface area contributed by atoms with Crippen molar-refractivity contribution in [1.82, 2.24) is 4.90 Å². The Morgan fingerprint density at radius 2 is 2.10 bits per heavy atom. The molecule has 2 fully saturated rings. The number of ether oxygens (including phenoxy) is 1. The molecule has 21 heavy (non-hydrogen) atoms. The Labute approximate surface area is 129 Å². The number of halogens is 1. The van der Waals surface area contributed by atoms with Crippen molar-refractivity contribution in [3.63, 3.8) is 0 Å². The minimum absolute atomic E-state index is 0.166. The van der Waals surface area contributed by atoms with Gasteiger partial charge in [0.05, 0.1) is 12.5 Å². The van der Waals surface area contributed by atoms with Crippen LogP contribution in [0, 0.1) is 5.92 Å². The number of carboxylic acids is 1. The summed E-state index contributed by atoms with van der Waals surface area (Å²) in [6, 6.07) is 8.06. The zero-order chi connectivity index (χ0) is 14.8. The van der Waals surface area contributed by atoms with Crippen LogP contribution in [0.25, 0.3) is 0 Å². The van der Waals surface area contributed by atoms with E-state index in [2.05, 4.69) is 4.90 Å². The van der Waals surface area contributed by atoms with Crippen LogP contribution in [0.4, 0.5) is 0 Å². The van der Waals surface area contributed by atoms with Crippen LogP contribution in [0.1, 0.15) is 25.7 Å². The van der Waals surface area contributed by atoms with Gasteiger partial charge in [0.15, 0.2) is 0 Å². The van der Waals surface area contributed by atoms with Crippen LogP contribution in [0.15, 0.2) is 24.3 Å². The molecule has 2 saturated heterocycles. The minimum Gasteiger partial charge on any atom is -0.494 e. The van der Waals surface area contributed by atoms with Crippen LogP contribution in [-0.2, 0) is 4.79 Å². The largest absolute Gasteiger partial charge is 0.494 e. The number of carboxylic acid groups (broad SMARTS) is 1. The van der Waals surface area contributed by atoms with Crippen molar-refractivity contribution in [2.24, 2.45) is 5.92 Å². The van der Waals surface area contributed by atoms with Crippen LogP contribution in [0.2, 0.25) is 5.02 Å². The van der Waals surface area contributed by atoms with Crippen molar-refractivity contribution >= 4 is 17.6 Å². The van der Waals surface area contributed by atoms with Crippen molar-refractivity contribution in [2.45, 2.75) is 37.8 Å². The van der Waals surface area contributed by atoms with E-state index in [9.17, 15) is 9.90 Å². The molecule has 114 valence electrons. The lowest BCUT2D eigenvalue weighted by atomic mass is 9.89. The molecule has 2 aliphatic rings. The summed E-state index contributed by atoms with van der Waals surface area (Å²) >= 11 is 5.83. The van der Waals surface area contributed by atoms with Gasteiger partial charge in [0.1, 0.15) is 5.75 Å². The van der Waals surface area contributed by atoms with E-state index in [0.29, 0.717) is 17.7 Å². The topological polar surface area (TPSA) is 49.8 Å². The number of hydrogen-bond donors (Lipinski definition) is 1. The van der Waals surface area contributed by atoms with Gasteiger partial charge in [-0.3, -0.25) is 9.69 Å². The molecule has 0 aliphatic carbocycles. The Hall–Kier alpha value is -1.26. The number of benzene rings is 1. The summed E-state index contributed by atoms with van der Waals surface area (Å²) in [5, 5.41) is 9.94. The van der Waals surface area contributed by atoms with Gasteiger partial charge >= 0.3 is 5.97 Å². The highest BCUT2D eigenvalue weighted by Gasteiger charge is 2.48. The number of fused-ring (bicyclic) bond motifs is 2. The summed E-state index contributed by atoms with van der Waals surface area (Å²) in [5.74, 6) is 0.0257. The summed E-state index contributed by atoms with van der Waals surface area (Å²) < 4.78 is 5.68. The first-order chi connectivity index (χ1) is 10.1. The quantitative estimate of drug-likeness (QED) is 0.821. The highest BCUT2D eigenvalue weighted by Crippen LogP contribution is 2.41. The summed E-state index contributed by atoms with van der Waals surface area (Å²) in [4.78, 5) is 13.6. The average molecular weight is 310 g/mol. The number of aliphatic carboxylic acids is 1. The molecule has 5 heteroatoms. The fourth-order valence-electron chi connectivity index (χ4n) is 3.68. The summed E-state index contributed by atoms with van der Waals surface area (Å²) in [7, 11) is 0. The number of hydrogen-bond acceptors (Lipinski definition) is 3. The number of nitrogens with zero attached hydrogens (tertiary/aromatic N) is 1. The van der Waals surface area contributed by atoms with Crippen LogP contribution >= 0.6 is 11.6 Å². The van der Waals surface area contributed by atoms with Crippen molar-refractivity contribution in [1.29, 1.82) is 0 Å². The Morgan fingerprint density at radius 1 is 1.33 bits per heavy atom. The standard InChI is InChI=1S/C16H20ClNO3/c17-11-2-5-13(6-3-11)21-9-1-8-18-12-4-7-15(18)14(10-12)16(19)20/h2-3,5-6,12,14-15H,1,4,7-10H2,(H,19,20). The van der Waals surface area contributed by atoms with Crippen molar-refractivity contribution in [3.05, 3.63) is 29.3 Å². The van der Waals surface area contributed by atoms with E-state index in [-0.39, 0.29) is 12.0 Å². The van der Waals surface area contributed by atoms with Crippen LogP contribution in [0.5, 0.6) is 5.75 Å². The highest BCUT2D eigenvalue weighted by molar-refractivity contribution is 6.30. The predicted molar refractivity (Wildman–Crippen MR) is 80.8 cm³/mol. The number of carbonyl (C=O) groups is 1. The molecule has 2 heterocycles. The Morgan fingerprint density at radius 3 is 2.76 bits per heavy atom. The van der Waals surface area contributed by atoms with E-state index in [0.717, 1.165) is 38.0 Å². The van der Waals surface area contributed by atoms with E-state index in [1.807, 2.05) is 24.3 Å². The van der Waals surface area contributed by atoms with Crippen molar-refractivity contribution in [2.75, 3.05) is 13.2 Å². The molecule has 3 rings (SSSR count). The molecular formula is C16H20ClNO3. The first-order valence-corrected chi connectivity index (χ1v) is 7.90. The molecule has 1 aromatic carbocycles. The average Bonchev–Trinajstić information content (AvgIpc) is 3.02. The van der Waals surface area contributed by atoms with Gasteiger partial charge in [-0.2, -0.15) is 0 Å². The Kier molecular flexibility index (Phi) is 4.36. The Balaban J connectivity index is 1.44. The molecule has 2 aliphatic heterocycles. The van der Waals surface area contributed by atoms with Gasteiger partial charge in [-0.1, -0.05) is 11.6 Å². The lowest BCUT2D eigenvalue weighted by molar-refractivity contribution is -0.142. The van der Waals surface area contributed by atoms with E-state index >= 15 is 0 Å². The second-order valence-electron chi connectivity index (χ2n) is 5.87. The summed E-state index contributed by atoms with van der Waals surface area (Å²) in [6.07, 6.45) is 3.91. The van der Waals surface area contributed by atoms with E-state index in [1.165, 1.54) is 0 Å². The third-order valence-corrected chi connectivity index (χ3v) is 4.89. The molecule has 1 aromatic rings. The molecule has 0 saturated carbocycles. The van der Waals surface area contributed by atoms with Gasteiger partial charge in [-0.15, -0.1) is 0 Å². The highest BCUT2D eigenvalue weighted by atomic mass is 35.5. The van der Waals surface area contributed by atoms with Crippen molar-refractivity contribution < 1.29 is 14.6 Å². The third-order valence-electron chi connectivity index (χ3n) is 4.64. The first kappa shape index (κ1) is 14.7. The van der Waals surface area contributed by atoms with Gasteiger partial charge in [-0.25, -0.2) is 0 Å². The van der Waals surface area contributed by atoms with Crippen LogP contribution in [0.3, 0.4) is 0 Å². The molecule has 3 atom stereocenters.